The lowest BCUT2D eigenvalue weighted by Gasteiger charge is -2.37. The fraction of sp³-hybridized carbons (Fsp3) is 0.571. The Morgan fingerprint density at radius 3 is 3.14 bits per heavy atom. The first-order valence-corrected chi connectivity index (χ1v) is 7.60. The molecule has 120 valence electrons. The van der Waals surface area contributed by atoms with Gasteiger partial charge in [0.05, 0.1) is 23.7 Å². The van der Waals surface area contributed by atoms with Gasteiger partial charge in [0.25, 0.3) is 0 Å². The monoisotopic (exact) mass is 328 g/mol. The molecule has 0 radical (unpaired) electrons. The molecule has 22 heavy (non-hydrogen) atoms. The van der Waals surface area contributed by atoms with Crippen molar-refractivity contribution < 1.29 is 13.9 Å². The molecule has 0 aliphatic carbocycles. The van der Waals surface area contributed by atoms with Crippen LogP contribution in [0.1, 0.15) is 6.42 Å². The number of carbonyl (C=O) groups is 1. The molecular formula is C14H18ClFN4O2. The number of pyridine rings is 1. The molecule has 8 heteroatoms. The molecule has 3 rings (SSSR count). The summed E-state index contributed by atoms with van der Waals surface area (Å²) in [6.45, 7) is 2.25. The lowest BCUT2D eigenvalue weighted by atomic mass is 10.00. The molecule has 2 amide bonds. The fourth-order valence-corrected chi connectivity index (χ4v) is 3.28. The number of nitrogens with zero attached hydrogens (tertiary/aromatic N) is 3. The predicted octanol–water partition coefficient (Wildman–Crippen LogP) is 1.49. The van der Waals surface area contributed by atoms with Crippen LogP contribution in [0.25, 0.3) is 0 Å². The first-order valence-electron chi connectivity index (χ1n) is 7.22. The second kappa shape index (κ2) is 6.26. The maximum absolute atomic E-state index is 14.0. The van der Waals surface area contributed by atoms with Crippen molar-refractivity contribution in [2.24, 2.45) is 0 Å². The van der Waals surface area contributed by atoms with Crippen molar-refractivity contribution in [3.05, 3.63) is 23.1 Å². The Morgan fingerprint density at radius 2 is 2.41 bits per heavy atom. The number of hydrogen-bond acceptors (Lipinski definition) is 4. The van der Waals surface area contributed by atoms with Crippen LogP contribution in [0.2, 0.25) is 5.02 Å². The number of anilines is 1. The van der Waals surface area contributed by atoms with Crippen molar-refractivity contribution in [3.63, 3.8) is 0 Å². The molecule has 1 aromatic rings. The van der Waals surface area contributed by atoms with E-state index in [1.807, 2.05) is 4.90 Å². The molecule has 2 saturated heterocycles. The number of hydrogen-bond donors (Lipinski definition) is 1. The zero-order chi connectivity index (χ0) is 15.7. The number of fused-ring (bicyclic) bond motifs is 1. The summed E-state index contributed by atoms with van der Waals surface area (Å²) in [5, 5.41) is 3.23. The normalized spacial score (nSPS) is 24.4. The fourth-order valence-electron chi connectivity index (χ4n) is 3.14. The quantitative estimate of drug-likeness (QED) is 0.910. The SMILES string of the molecule is COCCN1C(=O)N[C@@H]2CN(c3ncc(Cl)cc3F)CC[C@@H]21. The van der Waals surface area contributed by atoms with Crippen molar-refractivity contribution in [2.75, 3.05) is 38.3 Å². The number of carbonyl (C=O) groups excluding carboxylic acids is 1. The van der Waals surface area contributed by atoms with Gasteiger partial charge in [-0.2, -0.15) is 0 Å². The molecule has 3 heterocycles. The summed E-state index contributed by atoms with van der Waals surface area (Å²) in [5.41, 5.74) is 0. The molecule has 0 unspecified atom stereocenters. The highest BCUT2D eigenvalue weighted by Crippen LogP contribution is 2.27. The molecule has 0 bridgehead atoms. The van der Waals surface area contributed by atoms with Crippen LogP contribution in [0.15, 0.2) is 12.3 Å². The topological polar surface area (TPSA) is 57.7 Å². The van der Waals surface area contributed by atoms with Gasteiger partial charge in [0.1, 0.15) is 0 Å². The number of halogens is 2. The lowest BCUT2D eigenvalue weighted by molar-refractivity contribution is 0.140. The van der Waals surface area contributed by atoms with E-state index in [1.54, 1.807) is 12.0 Å². The Bertz CT molecular complexity index is 574. The maximum atomic E-state index is 14.0. The maximum Gasteiger partial charge on any atom is 0.318 e. The smallest absolute Gasteiger partial charge is 0.318 e. The number of urea groups is 1. The number of amides is 2. The molecule has 1 aromatic heterocycles. The molecule has 2 atom stereocenters. The van der Waals surface area contributed by atoms with Crippen LogP contribution in [0.5, 0.6) is 0 Å². The molecule has 0 saturated carbocycles. The van der Waals surface area contributed by atoms with Crippen molar-refractivity contribution in [3.8, 4) is 0 Å². The van der Waals surface area contributed by atoms with Crippen LogP contribution >= 0.6 is 11.6 Å². The summed E-state index contributed by atoms with van der Waals surface area (Å²) < 4.78 is 19.0. The number of methoxy groups -OCH3 is 1. The third kappa shape index (κ3) is 2.83. The highest BCUT2D eigenvalue weighted by atomic mass is 35.5. The van der Waals surface area contributed by atoms with E-state index in [-0.39, 0.29) is 29.0 Å². The Kier molecular flexibility index (Phi) is 4.35. The third-order valence-electron chi connectivity index (χ3n) is 4.17. The Morgan fingerprint density at radius 1 is 1.59 bits per heavy atom. The van der Waals surface area contributed by atoms with E-state index in [4.69, 9.17) is 16.3 Å². The predicted molar refractivity (Wildman–Crippen MR) is 80.7 cm³/mol. The zero-order valence-electron chi connectivity index (χ0n) is 12.3. The molecule has 2 aliphatic heterocycles. The summed E-state index contributed by atoms with van der Waals surface area (Å²) in [5.74, 6) is -0.154. The van der Waals surface area contributed by atoms with Crippen LogP contribution in [0.3, 0.4) is 0 Å². The molecule has 0 spiro atoms. The van der Waals surface area contributed by atoms with Gasteiger partial charge in [0, 0.05) is 32.9 Å². The Labute approximate surface area is 133 Å². The zero-order valence-corrected chi connectivity index (χ0v) is 13.0. The van der Waals surface area contributed by atoms with Crippen LogP contribution in [0.4, 0.5) is 15.0 Å². The Balaban J connectivity index is 1.71. The molecule has 0 aromatic carbocycles. The van der Waals surface area contributed by atoms with Crippen molar-refractivity contribution >= 4 is 23.4 Å². The first kappa shape index (κ1) is 15.3. The van der Waals surface area contributed by atoms with E-state index in [9.17, 15) is 9.18 Å². The molecule has 2 fully saturated rings. The third-order valence-corrected chi connectivity index (χ3v) is 4.38. The van der Waals surface area contributed by atoms with Gasteiger partial charge in [-0.1, -0.05) is 11.6 Å². The summed E-state index contributed by atoms with van der Waals surface area (Å²) in [6.07, 6.45) is 2.20. The van der Waals surface area contributed by atoms with Gasteiger partial charge in [0.2, 0.25) is 0 Å². The van der Waals surface area contributed by atoms with Crippen molar-refractivity contribution in [2.45, 2.75) is 18.5 Å². The second-order valence-electron chi connectivity index (χ2n) is 5.50. The van der Waals surface area contributed by atoms with Gasteiger partial charge in [0.15, 0.2) is 11.6 Å². The second-order valence-corrected chi connectivity index (χ2v) is 5.94. The highest BCUT2D eigenvalue weighted by Gasteiger charge is 2.42. The largest absolute Gasteiger partial charge is 0.383 e. The van der Waals surface area contributed by atoms with Crippen molar-refractivity contribution in [1.82, 2.24) is 15.2 Å². The van der Waals surface area contributed by atoms with Gasteiger partial charge in [-0.05, 0) is 12.5 Å². The van der Waals surface area contributed by atoms with Gasteiger partial charge >= 0.3 is 6.03 Å². The minimum atomic E-state index is -0.438. The van der Waals surface area contributed by atoms with Crippen molar-refractivity contribution in [1.29, 1.82) is 0 Å². The summed E-state index contributed by atoms with van der Waals surface area (Å²) in [7, 11) is 1.61. The van der Waals surface area contributed by atoms with E-state index >= 15 is 0 Å². The lowest BCUT2D eigenvalue weighted by Crippen LogP contribution is -2.52. The molecule has 2 aliphatic rings. The van der Waals surface area contributed by atoms with Gasteiger partial charge in [-0.15, -0.1) is 0 Å². The highest BCUT2D eigenvalue weighted by molar-refractivity contribution is 6.30. The summed E-state index contributed by atoms with van der Waals surface area (Å²) >= 11 is 5.74. The minimum absolute atomic E-state index is 0.0324. The molecule has 1 N–H and O–H groups in total. The van der Waals surface area contributed by atoms with E-state index in [2.05, 4.69) is 10.3 Å². The van der Waals surface area contributed by atoms with E-state index in [0.29, 0.717) is 26.2 Å². The van der Waals surface area contributed by atoms with Crippen LogP contribution in [-0.2, 0) is 4.74 Å². The van der Waals surface area contributed by atoms with E-state index in [0.717, 1.165) is 6.42 Å². The van der Waals surface area contributed by atoms with Crippen LogP contribution in [-0.4, -0.2) is 61.3 Å². The average molecular weight is 329 g/mol. The van der Waals surface area contributed by atoms with Gasteiger partial charge < -0.3 is 19.9 Å². The van der Waals surface area contributed by atoms with Gasteiger partial charge in [-0.3, -0.25) is 0 Å². The number of nitrogens with one attached hydrogen (secondary N) is 1. The molecular weight excluding hydrogens is 311 g/mol. The number of piperidine rings is 1. The van der Waals surface area contributed by atoms with E-state index < -0.39 is 5.82 Å². The average Bonchev–Trinajstić information content (AvgIpc) is 2.79. The summed E-state index contributed by atoms with van der Waals surface area (Å²) in [4.78, 5) is 19.8. The first-order chi connectivity index (χ1) is 10.6. The molecule has 6 nitrogen and oxygen atoms in total. The minimum Gasteiger partial charge on any atom is -0.383 e. The van der Waals surface area contributed by atoms with E-state index in [1.165, 1.54) is 12.3 Å². The number of aromatic nitrogens is 1. The van der Waals surface area contributed by atoms with Crippen LogP contribution < -0.4 is 10.2 Å². The standard InChI is InChI=1S/C14H18ClFN4O2/c1-22-5-4-20-12-2-3-19(8-11(12)18-14(20)21)13-10(16)6-9(15)7-17-13/h6-7,11-12H,2-5,8H2,1H3,(H,18,21)/t11-,12+/m1/s1. The Hall–Kier alpha value is -1.60. The van der Waals surface area contributed by atoms with Crippen LogP contribution in [0, 0.1) is 5.82 Å². The van der Waals surface area contributed by atoms with Gasteiger partial charge in [-0.25, -0.2) is 14.2 Å². The number of ether oxygens (including phenoxy) is 1. The summed E-state index contributed by atoms with van der Waals surface area (Å²) in [6, 6.07) is 1.26. The number of rotatable bonds is 4.